The maximum absolute atomic E-state index is 10.2. The molecule has 0 saturated heterocycles. The quantitative estimate of drug-likeness (QED) is 0.708. The smallest absolute Gasteiger partial charge is 0.123 e. The third-order valence-electron chi connectivity index (χ3n) is 2.23. The van der Waals surface area contributed by atoms with Crippen LogP contribution in [0, 0.1) is 0 Å². The number of hydrogen-bond acceptors (Lipinski definition) is 2. The molecule has 0 saturated carbocycles. The Morgan fingerprint density at radius 3 is 2.93 bits per heavy atom. The minimum Gasteiger partial charge on any atom is -0.303 e. The molecule has 15 heavy (non-hydrogen) atoms. The van der Waals surface area contributed by atoms with E-state index in [4.69, 9.17) is 0 Å². The molecule has 1 aromatic heterocycles. The first-order chi connectivity index (χ1) is 7.42. The molecule has 0 aliphatic carbocycles. The predicted octanol–water partition coefficient (Wildman–Crippen LogP) is 2.84. The van der Waals surface area contributed by atoms with Crippen molar-refractivity contribution in [3.63, 3.8) is 0 Å². The van der Waals surface area contributed by atoms with Gasteiger partial charge in [0.2, 0.25) is 0 Å². The van der Waals surface area contributed by atoms with E-state index in [2.05, 4.69) is 11.1 Å². The largest absolute Gasteiger partial charge is 0.303 e. The molecule has 0 spiro atoms. The SMILES string of the molecule is O=CCC=Cc1cncc2ccccc12. The van der Waals surface area contributed by atoms with Crippen LogP contribution >= 0.6 is 0 Å². The van der Waals surface area contributed by atoms with Crippen LogP contribution in [-0.2, 0) is 4.79 Å². The lowest BCUT2D eigenvalue weighted by molar-refractivity contribution is -0.107. The Hall–Kier alpha value is -1.96. The van der Waals surface area contributed by atoms with Crippen LogP contribution in [0.5, 0.6) is 0 Å². The summed E-state index contributed by atoms with van der Waals surface area (Å²) in [5.41, 5.74) is 1.05. The zero-order chi connectivity index (χ0) is 10.5. The van der Waals surface area contributed by atoms with Crippen molar-refractivity contribution < 1.29 is 4.79 Å². The Morgan fingerprint density at radius 2 is 2.07 bits per heavy atom. The first-order valence-electron chi connectivity index (χ1n) is 4.85. The number of allylic oxidation sites excluding steroid dienone is 1. The zero-order valence-electron chi connectivity index (χ0n) is 8.26. The van der Waals surface area contributed by atoms with Crippen molar-refractivity contribution >= 4 is 23.1 Å². The number of fused-ring (bicyclic) bond motifs is 1. The number of hydrogen-bond donors (Lipinski definition) is 0. The highest BCUT2D eigenvalue weighted by molar-refractivity contribution is 5.89. The van der Waals surface area contributed by atoms with E-state index in [1.807, 2.05) is 42.7 Å². The van der Waals surface area contributed by atoms with Gasteiger partial charge in [0.15, 0.2) is 0 Å². The van der Waals surface area contributed by atoms with Crippen LogP contribution in [-0.4, -0.2) is 11.3 Å². The van der Waals surface area contributed by atoms with Crippen molar-refractivity contribution in [3.05, 3.63) is 48.3 Å². The summed E-state index contributed by atoms with van der Waals surface area (Å²) in [7, 11) is 0. The van der Waals surface area contributed by atoms with Gasteiger partial charge in [-0.1, -0.05) is 36.4 Å². The lowest BCUT2D eigenvalue weighted by Crippen LogP contribution is -1.80. The second-order valence-corrected chi connectivity index (χ2v) is 3.25. The van der Waals surface area contributed by atoms with Crippen LogP contribution in [0.1, 0.15) is 12.0 Å². The van der Waals surface area contributed by atoms with E-state index in [-0.39, 0.29) is 0 Å². The Morgan fingerprint density at radius 1 is 1.20 bits per heavy atom. The molecule has 0 N–H and O–H groups in total. The molecule has 0 bridgehead atoms. The van der Waals surface area contributed by atoms with Gasteiger partial charge in [-0.2, -0.15) is 0 Å². The van der Waals surface area contributed by atoms with E-state index in [1.54, 1.807) is 0 Å². The van der Waals surface area contributed by atoms with Crippen LogP contribution in [0.25, 0.3) is 16.8 Å². The van der Waals surface area contributed by atoms with Crippen molar-refractivity contribution in [1.82, 2.24) is 4.98 Å². The summed E-state index contributed by atoms with van der Waals surface area (Å²) in [5, 5.41) is 2.28. The topological polar surface area (TPSA) is 30.0 Å². The lowest BCUT2D eigenvalue weighted by Gasteiger charge is -2.00. The zero-order valence-corrected chi connectivity index (χ0v) is 8.26. The molecule has 0 radical (unpaired) electrons. The van der Waals surface area contributed by atoms with E-state index in [1.165, 1.54) is 0 Å². The highest BCUT2D eigenvalue weighted by atomic mass is 16.1. The molecule has 0 atom stereocenters. The number of pyridine rings is 1. The fourth-order valence-corrected chi connectivity index (χ4v) is 1.52. The van der Waals surface area contributed by atoms with Gasteiger partial charge in [0.25, 0.3) is 0 Å². The highest BCUT2D eigenvalue weighted by Gasteiger charge is 1.96. The summed E-state index contributed by atoms with van der Waals surface area (Å²) in [4.78, 5) is 14.3. The molecule has 2 nitrogen and oxygen atoms in total. The number of carbonyl (C=O) groups excluding carboxylic acids is 1. The van der Waals surface area contributed by atoms with Crippen molar-refractivity contribution in [1.29, 1.82) is 0 Å². The third kappa shape index (κ3) is 2.10. The van der Waals surface area contributed by atoms with E-state index in [9.17, 15) is 4.79 Å². The molecule has 0 fully saturated rings. The third-order valence-corrected chi connectivity index (χ3v) is 2.23. The van der Waals surface area contributed by atoms with Gasteiger partial charge in [-0.25, -0.2) is 0 Å². The predicted molar refractivity (Wildman–Crippen MR) is 61.5 cm³/mol. The van der Waals surface area contributed by atoms with Gasteiger partial charge in [0, 0.05) is 29.8 Å². The lowest BCUT2D eigenvalue weighted by atomic mass is 10.1. The van der Waals surface area contributed by atoms with Gasteiger partial charge in [-0.3, -0.25) is 4.98 Å². The summed E-state index contributed by atoms with van der Waals surface area (Å²) in [6.07, 6.45) is 8.76. The number of aromatic nitrogens is 1. The summed E-state index contributed by atoms with van der Waals surface area (Å²) >= 11 is 0. The molecule has 0 unspecified atom stereocenters. The van der Waals surface area contributed by atoms with Gasteiger partial charge in [0.05, 0.1) is 0 Å². The minimum atomic E-state index is 0.448. The summed E-state index contributed by atoms with van der Waals surface area (Å²) < 4.78 is 0. The van der Waals surface area contributed by atoms with Crippen LogP contribution in [0.3, 0.4) is 0 Å². The normalized spacial score (nSPS) is 10.9. The minimum absolute atomic E-state index is 0.448. The van der Waals surface area contributed by atoms with Crippen LogP contribution in [0.15, 0.2) is 42.7 Å². The van der Waals surface area contributed by atoms with Crippen molar-refractivity contribution in [2.24, 2.45) is 0 Å². The van der Waals surface area contributed by atoms with Crippen molar-refractivity contribution in [2.75, 3.05) is 0 Å². The molecule has 0 aliphatic heterocycles. The average Bonchev–Trinajstić information content (AvgIpc) is 2.30. The molecule has 1 heterocycles. The number of rotatable bonds is 3. The maximum atomic E-state index is 10.2. The Balaban J connectivity index is 2.46. The van der Waals surface area contributed by atoms with E-state index in [0.717, 1.165) is 22.6 Å². The van der Waals surface area contributed by atoms with Gasteiger partial charge >= 0.3 is 0 Å². The molecule has 0 amide bonds. The van der Waals surface area contributed by atoms with Gasteiger partial charge in [0.1, 0.15) is 6.29 Å². The molecular weight excluding hydrogens is 186 g/mol. The maximum Gasteiger partial charge on any atom is 0.123 e. The second-order valence-electron chi connectivity index (χ2n) is 3.25. The highest BCUT2D eigenvalue weighted by Crippen LogP contribution is 2.17. The molecule has 2 rings (SSSR count). The fourth-order valence-electron chi connectivity index (χ4n) is 1.52. The van der Waals surface area contributed by atoms with Crippen LogP contribution in [0.2, 0.25) is 0 Å². The number of carbonyl (C=O) groups is 1. The molecule has 74 valence electrons. The summed E-state index contributed by atoms with van der Waals surface area (Å²) in [6.45, 7) is 0. The first-order valence-corrected chi connectivity index (χ1v) is 4.85. The van der Waals surface area contributed by atoms with E-state index >= 15 is 0 Å². The Labute approximate surface area is 88.3 Å². The van der Waals surface area contributed by atoms with Gasteiger partial charge in [-0.15, -0.1) is 0 Å². The van der Waals surface area contributed by atoms with Crippen molar-refractivity contribution in [2.45, 2.75) is 6.42 Å². The van der Waals surface area contributed by atoms with Crippen LogP contribution in [0.4, 0.5) is 0 Å². The van der Waals surface area contributed by atoms with E-state index < -0.39 is 0 Å². The van der Waals surface area contributed by atoms with Gasteiger partial charge in [-0.05, 0) is 5.39 Å². The van der Waals surface area contributed by atoms with Gasteiger partial charge < -0.3 is 4.79 Å². The molecule has 1 aromatic carbocycles. The van der Waals surface area contributed by atoms with Crippen molar-refractivity contribution in [3.8, 4) is 0 Å². The standard InChI is InChI=1S/C13H11NO/c15-8-4-3-6-12-10-14-9-11-5-1-2-7-13(11)12/h1-3,5-10H,4H2. The number of benzene rings is 1. The second kappa shape index (κ2) is 4.51. The van der Waals surface area contributed by atoms with Crippen LogP contribution < -0.4 is 0 Å². The van der Waals surface area contributed by atoms with E-state index in [0.29, 0.717) is 6.42 Å². The number of nitrogens with zero attached hydrogens (tertiary/aromatic N) is 1. The average molecular weight is 197 g/mol. The summed E-state index contributed by atoms with van der Waals surface area (Å²) in [6, 6.07) is 8.07. The Kier molecular flexibility index (Phi) is 2.88. The number of aldehydes is 1. The Bertz CT molecular complexity index is 497. The first kappa shape index (κ1) is 9.59. The molecule has 2 aromatic rings. The summed E-state index contributed by atoms with van der Waals surface area (Å²) in [5.74, 6) is 0. The molecule has 2 heteroatoms. The molecular formula is C13H11NO. The fraction of sp³-hybridized carbons (Fsp3) is 0.0769. The monoisotopic (exact) mass is 197 g/mol. The molecule has 0 aliphatic rings.